The highest BCUT2D eigenvalue weighted by molar-refractivity contribution is 4.45. The Morgan fingerprint density at radius 2 is 0.345 bits per heavy atom. The summed E-state index contributed by atoms with van der Waals surface area (Å²) in [6.07, 6.45) is 9.07. The van der Waals surface area contributed by atoms with Crippen LogP contribution in [0.1, 0.15) is 51.9 Å². The van der Waals surface area contributed by atoms with Crippen molar-refractivity contribution < 1.29 is 80.9 Å². The van der Waals surface area contributed by atoms with E-state index in [4.69, 9.17) is 80.9 Å². The van der Waals surface area contributed by atoms with Crippen LogP contribution in [0.25, 0.3) is 0 Å². The molecule has 0 aromatic rings. The monoisotopic (exact) mass is 849 g/mol. The maximum atomic E-state index is 8.59. The minimum Gasteiger partial charge on any atom is -0.394 e. The van der Waals surface area contributed by atoms with Crippen molar-refractivity contribution in [1.29, 1.82) is 0 Å². The summed E-state index contributed by atoms with van der Waals surface area (Å²) in [5.41, 5.74) is 0. The molecule has 0 saturated carbocycles. The van der Waals surface area contributed by atoms with Crippen molar-refractivity contribution in [2.24, 2.45) is 0 Å². The molecule has 0 spiro atoms. The number of aliphatic hydroxyl groups excluding tert-OH is 1. The Balaban J connectivity index is 3.05. The molecule has 0 heterocycles. The van der Waals surface area contributed by atoms with Gasteiger partial charge in [0, 0.05) is 6.61 Å². The fraction of sp³-hybridized carbons (Fsp3) is 1.00. The molecule has 0 unspecified atom stereocenters. The largest absolute Gasteiger partial charge is 0.394 e. The highest BCUT2D eigenvalue weighted by Crippen LogP contribution is 2.06. The lowest BCUT2D eigenvalue weighted by molar-refractivity contribution is -0.0305. The van der Waals surface area contributed by atoms with Gasteiger partial charge in [0.2, 0.25) is 0 Å². The standard InChI is InChI=1S/C41H84O17/c1-2-3-4-5-6-7-8-10-43-12-14-45-16-18-47-20-22-49-24-26-51-28-30-53-32-34-55-36-38-57-40-41-58-39-37-56-35-33-54-31-29-52-27-25-50-23-21-48-19-17-46-15-13-44-11-9-42/h42H,2-41H2,1H3. The van der Waals surface area contributed by atoms with Gasteiger partial charge in [0.1, 0.15) is 0 Å². The second-order valence-electron chi connectivity index (χ2n) is 12.6. The number of rotatable bonds is 55. The van der Waals surface area contributed by atoms with Crippen molar-refractivity contribution in [3.63, 3.8) is 0 Å². The molecule has 0 saturated heterocycles. The summed E-state index contributed by atoms with van der Waals surface area (Å²) in [6, 6.07) is 0. The molecule has 0 aromatic carbocycles. The molecule has 17 heteroatoms. The summed E-state index contributed by atoms with van der Waals surface area (Å²) in [7, 11) is 0. The third-order valence-corrected chi connectivity index (χ3v) is 7.71. The van der Waals surface area contributed by atoms with Crippen molar-refractivity contribution in [1.82, 2.24) is 0 Å². The SMILES string of the molecule is CCCCCCCCCOCCOCCOCCOCCOCCOCCOCCOCCOCCOCCOCCOCCOCCOCCOCCOCCO. The zero-order valence-electron chi connectivity index (χ0n) is 36.3. The molecule has 0 atom stereocenters. The summed E-state index contributed by atoms with van der Waals surface area (Å²) in [5.74, 6) is 0. The summed E-state index contributed by atoms with van der Waals surface area (Å²) < 4.78 is 87.4. The van der Waals surface area contributed by atoms with Crippen molar-refractivity contribution >= 4 is 0 Å². The second-order valence-corrected chi connectivity index (χ2v) is 12.6. The number of hydrogen-bond donors (Lipinski definition) is 1. The second kappa shape index (κ2) is 56.3. The first-order valence-corrected chi connectivity index (χ1v) is 21.8. The first-order valence-electron chi connectivity index (χ1n) is 21.8. The summed E-state index contributed by atoms with van der Waals surface area (Å²) in [5, 5.41) is 8.59. The first-order chi connectivity index (χ1) is 28.9. The smallest absolute Gasteiger partial charge is 0.0701 e. The van der Waals surface area contributed by atoms with E-state index in [0.717, 1.165) is 13.0 Å². The number of aliphatic hydroxyl groups is 1. The summed E-state index contributed by atoms with van der Waals surface area (Å²) in [4.78, 5) is 0. The van der Waals surface area contributed by atoms with Crippen molar-refractivity contribution in [2.45, 2.75) is 51.9 Å². The van der Waals surface area contributed by atoms with Gasteiger partial charge in [-0.2, -0.15) is 0 Å². The molecule has 58 heavy (non-hydrogen) atoms. The molecule has 350 valence electrons. The fourth-order valence-electron chi connectivity index (χ4n) is 4.63. The van der Waals surface area contributed by atoms with Crippen LogP contribution in [0.3, 0.4) is 0 Å². The van der Waals surface area contributed by atoms with Gasteiger partial charge in [-0.05, 0) is 6.42 Å². The van der Waals surface area contributed by atoms with Crippen LogP contribution in [-0.4, -0.2) is 223 Å². The predicted octanol–water partition coefficient (Wildman–Crippen LogP) is 2.99. The maximum absolute atomic E-state index is 8.59. The van der Waals surface area contributed by atoms with E-state index < -0.39 is 0 Å². The van der Waals surface area contributed by atoms with Gasteiger partial charge in [-0.25, -0.2) is 0 Å². The summed E-state index contributed by atoms with van der Waals surface area (Å²) in [6.45, 7) is 18.9. The zero-order valence-corrected chi connectivity index (χ0v) is 36.3. The lowest BCUT2D eigenvalue weighted by Crippen LogP contribution is -2.16. The van der Waals surface area contributed by atoms with Crippen LogP contribution < -0.4 is 0 Å². The normalized spacial score (nSPS) is 11.7. The molecule has 0 bridgehead atoms. The number of hydrogen-bond acceptors (Lipinski definition) is 17. The van der Waals surface area contributed by atoms with Gasteiger partial charge < -0.3 is 80.9 Å². The lowest BCUT2D eigenvalue weighted by Gasteiger charge is -2.09. The van der Waals surface area contributed by atoms with Crippen LogP contribution in [0.2, 0.25) is 0 Å². The van der Waals surface area contributed by atoms with E-state index in [-0.39, 0.29) is 6.61 Å². The Hall–Kier alpha value is -0.680. The molecule has 0 amide bonds. The summed E-state index contributed by atoms with van der Waals surface area (Å²) >= 11 is 0. The van der Waals surface area contributed by atoms with Gasteiger partial charge in [0.15, 0.2) is 0 Å². The highest BCUT2D eigenvalue weighted by atomic mass is 16.6. The average molecular weight is 849 g/mol. The fourth-order valence-corrected chi connectivity index (χ4v) is 4.63. The Labute approximate surface area is 350 Å². The van der Waals surface area contributed by atoms with Crippen molar-refractivity contribution in [3.8, 4) is 0 Å². The van der Waals surface area contributed by atoms with E-state index in [1.165, 1.54) is 38.5 Å². The first kappa shape index (κ1) is 57.3. The van der Waals surface area contributed by atoms with E-state index in [2.05, 4.69) is 6.92 Å². The number of ether oxygens (including phenoxy) is 16. The van der Waals surface area contributed by atoms with Crippen molar-refractivity contribution in [2.75, 3.05) is 218 Å². The van der Waals surface area contributed by atoms with Gasteiger partial charge in [-0.3, -0.25) is 0 Å². The van der Waals surface area contributed by atoms with Gasteiger partial charge in [-0.1, -0.05) is 45.4 Å². The van der Waals surface area contributed by atoms with Gasteiger partial charge in [-0.15, -0.1) is 0 Å². The predicted molar refractivity (Wildman–Crippen MR) is 218 cm³/mol. The van der Waals surface area contributed by atoms with Crippen LogP contribution in [0.15, 0.2) is 0 Å². The van der Waals surface area contributed by atoms with E-state index in [1.807, 2.05) is 0 Å². The van der Waals surface area contributed by atoms with E-state index in [9.17, 15) is 0 Å². The molecule has 0 aliphatic rings. The van der Waals surface area contributed by atoms with Gasteiger partial charge in [0.05, 0.1) is 211 Å². The quantitative estimate of drug-likeness (QED) is 0.0887. The molecule has 0 fully saturated rings. The van der Waals surface area contributed by atoms with Crippen LogP contribution in [0.5, 0.6) is 0 Å². The third-order valence-electron chi connectivity index (χ3n) is 7.71. The highest BCUT2D eigenvalue weighted by Gasteiger charge is 1.98. The molecule has 17 nitrogen and oxygen atoms in total. The van der Waals surface area contributed by atoms with Crippen LogP contribution in [0, 0.1) is 0 Å². The number of unbranched alkanes of at least 4 members (excludes halogenated alkanes) is 6. The Bertz CT molecular complexity index is 645. The Morgan fingerprint density at radius 1 is 0.190 bits per heavy atom. The van der Waals surface area contributed by atoms with Crippen LogP contribution in [-0.2, 0) is 75.8 Å². The zero-order chi connectivity index (χ0) is 41.6. The van der Waals surface area contributed by atoms with Crippen LogP contribution >= 0.6 is 0 Å². The average Bonchev–Trinajstić information content (AvgIpc) is 3.23. The van der Waals surface area contributed by atoms with Gasteiger partial charge >= 0.3 is 0 Å². The molecule has 1 N–H and O–H groups in total. The van der Waals surface area contributed by atoms with Crippen molar-refractivity contribution in [3.05, 3.63) is 0 Å². The minimum atomic E-state index is 0.0228. The van der Waals surface area contributed by atoms with Gasteiger partial charge in [0.25, 0.3) is 0 Å². The minimum absolute atomic E-state index is 0.0228. The molecule has 0 rings (SSSR count). The molecule has 0 aliphatic heterocycles. The molecular formula is C41H84O17. The van der Waals surface area contributed by atoms with Crippen LogP contribution in [0.4, 0.5) is 0 Å². The third kappa shape index (κ3) is 55.3. The molecule has 0 radical (unpaired) electrons. The molecular weight excluding hydrogens is 764 g/mol. The lowest BCUT2D eigenvalue weighted by atomic mass is 10.1. The van der Waals surface area contributed by atoms with E-state index in [1.54, 1.807) is 0 Å². The molecule has 0 aromatic heterocycles. The van der Waals surface area contributed by atoms with E-state index >= 15 is 0 Å². The van der Waals surface area contributed by atoms with E-state index in [0.29, 0.717) is 205 Å². The Kier molecular flexibility index (Phi) is 55.7. The Morgan fingerprint density at radius 3 is 0.534 bits per heavy atom. The molecule has 0 aliphatic carbocycles. The maximum Gasteiger partial charge on any atom is 0.0701 e. The topological polar surface area (TPSA) is 168 Å².